The van der Waals surface area contributed by atoms with Crippen LogP contribution in [0.15, 0.2) is 16.5 Å². The third kappa shape index (κ3) is 6.48. The number of halogens is 2. The van der Waals surface area contributed by atoms with Crippen molar-refractivity contribution in [2.24, 2.45) is 0 Å². The Kier molecular flexibility index (Phi) is 10.1. The highest BCUT2D eigenvalue weighted by molar-refractivity contribution is 7.92. The van der Waals surface area contributed by atoms with E-state index in [0.29, 0.717) is 59.5 Å². The number of fused-ring (bicyclic) bond motifs is 1. The minimum Gasteiger partial charge on any atom is -0.490 e. The molecule has 14 heteroatoms. The van der Waals surface area contributed by atoms with Gasteiger partial charge in [0.05, 0.1) is 23.4 Å². The summed E-state index contributed by atoms with van der Waals surface area (Å²) in [4.78, 5) is 23.7. The van der Waals surface area contributed by atoms with Crippen LogP contribution in [-0.4, -0.2) is 53.4 Å². The van der Waals surface area contributed by atoms with Crippen LogP contribution >= 0.6 is 42.1 Å². The summed E-state index contributed by atoms with van der Waals surface area (Å²) in [7, 11) is -9.09. The van der Waals surface area contributed by atoms with E-state index in [1.165, 1.54) is 13.8 Å². The molecule has 0 saturated heterocycles. The zero-order valence-electron chi connectivity index (χ0n) is 17.7. The number of rotatable bonds is 14. The molecule has 1 aromatic carbocycles. The van der Waals surface area contributed by atoms with Gasteiger partial charge in [-0.2, -0.15) is 4.72 Å². The summed E-state index contributed by atoms with van der Waals surface area (Å²) >= 11 is 12.3. The molecule has 0 radical (unpaired) electrons. The average Bonchev–Trinajstić information content (AvgIpc) is 3.15. The van der Waals surface area contributed by atoms with Crippen molar-refractivity contribution >= 4 is 62.4 Å². The summed E-state index contributed by atoms with van der Waals surface area (Å²) in [5.74, 6) is 1.66. The first kappa shape index (κ1) is 27.6. The smallest absolute Gasteiger partial charge is 0.346 e. The van der Waals surface area contributed by atoms with Gasteiger partial charge in [0.25, 0.3) is 10.0 Å². The van der Waals surface area contributed by atoms with Gasteiger partial charge in [0.2, 0.25) is 4.34 Å². The van der Waals surface area contributed by atoms with Gasteiger partial charge in [-0.05, 0) is 25.7 Å². The highest BCUT2D eigenvalue weighted by Crippen LogP contribution is 2.53. The molecule has 0 amide bonds. The van der Waals surface area contributed by atoms with Crippen LogP contribution in [0.2, 0.25) is 0 Å². The van der Waals surface area contributed by atoms with Crippen molar-refractivity contribution in [3.8, 4) is 11.5 Å². The Labute approximate surface area is 201 Å². The van der Waals surface area contributed by atoms with Crippen LogP contribution in [0.5, 0.6) is 11.5 Å². The number of nitrogens with one attached hydrogen (secondary N) is 1. The van der Waals surface area contributed by atoms with E-state index < -0.39 is 22.9 Å². The molecule has 1 aromatic heterocycles. The standard InChI is InChI=1S/C18H27Cl2N2O7PS2/c1-3-18(4-2,30(23,24)25)22-32(26,27)17-21-13-11-14(28-9-5-7-19)15(12-16(13)31-17)29-10-6-8-20/h11-12,22H,3-10H2,1-2H3,(H2,23,24,25). The molecule has 0 atom stereocenters. The first-order valence-corrected chi connectivity index (χ1v) is 14.9. The van der Waals surface area contributed by atoms with E-state index in [1.54, 1.807) is 12.1 Å². The Bertz CT molecular complexity index is 1010. The molecule has 1 heterocycles. The topological polar surface area (TPSA) is 135 Å². The number of thiazole rings is 1. The summed E-state index contributed by atoms with van der Waals surface area (Å²) in [5, 5.41) is -1.91. The molecular formula is C18H27Cl2N2O7PS2. The molecule has 0 fully saturated rings. The van der Waals surface area contributed by atoms with Crippen molar-refractivity contribution in [1.29, 1.82) is 0 Å². The summed E-state index contributed by atoms with van der Waals surface area (Å²) in [6.45, 7) is 3.72. The highest BCUT2D eigenvalue weighted by atomic mass is 35.5. The van der Waals surface area contributed by atoms with E-state index in [4.69, 9.17) is 32.7 Å². The quantitative estimate of drug-likeness (QED) is 0.181. The second kappa shape index (κ2) is 11.7. The number of alkyl halides is 2. The molecule has 0 unspecified atom stereocenters. The van der Waals surface area contributed by atoms with Crippen LogP contribution in [-0.2, 0) is 14.6 Å². The van der Waals surface area contributed by atoms with Gasteiger partial charge in [-0.25, -0.2) is 13.4 Å². The van der Waals surface area contributed by atoms with E-state index in [0.717, 1.165) is 11.3 Å². The highest BCUT2D eigenvalue weighted by Gasteiger charge is 2.47. The molecule has 3 N–H and O–H groups in total. The molecule has 9 nitrogen and oxygen atoms in total. The summed E-state index contributed by atoms with van der Waals surface area (Å²) < 4.78 is 51.9. The fraction of sp³-hybridized carbons (Fsp3) is 0.611. The molecule has 0 saturated carbocycles. The number of nitrogens with zero attached hydrogens (tertiary/aromatic N) is 1. The molecule has 0 spiro atoms. The van der Waals surface area contributed by atoms with Gasteiger partial charge in [-0.15, -0.1) is 34.5 Å². The lowest BCUT2D eigenvalue weighted by atomic mass is 10.2. The van der Waals surface area contributed by atoms with Crippen molar-refractivity contribution in [3.05, 3.63) is 12.1 Å². The predicted molar refractivity (Wildman–Crippen MR) is 127 cm³/mol. The Balaban J connectivity index is 2.45. The zero-order valence-corrected chi connectivity index (χ0v) is 21.8. The normalized spacial score (nSPS) is 12.9. The number of sulfonamides is 1. The minimum atomic E-state index is -4.78. The van der Waals surface area contributed by atoms with E-state index >= 15 is 0 Å². The third-order valence-electron chi connectivity index (χ3n) is 4.79. The van der Waals surface area contributed by atoms with Crippen LogP contribution in [0.1, 0.15) is 39.5 Å². The van der Waals surface area contributed by atoms with Crippen LogP contribution in [0.4, 0.5) is 0 Å². The molecule has 0 aliphatic carbocycles. The van der Waals surface area contributed by atoms with E-state index in [1.807, 2.05) is 0 Å². The van der Waals surface area contributed by atoms with Crippen LogP contribution in [0, 0.1) is 0 Å². The van der Waals surface area contributed by atoms with Crippen molar-refractivity contribution in [3.63, 3.8) is 0 Å². The molecule has 32 heavy (non-hydrogen) atoms. The van der Waals surface area contributed by atoms with Gasteiger partial charge >= 0.3 is 7.60 Å². The maximum Gasteiger partial charge on any atom is 0.346 e. The fourth-order valence-electron chi connectivity index (χ4n) is 2.89. The van der Waals surface area contributed by atoms with Gasteiger partial charge in [0, 0.05) is 23.9 Å². The van der Waals surface area contributed by atoms with Crippen molar-refractivity contribution in [2.75, 3.05) is 25.0 Å². The lowest BCUT2D eigenvalue weighted by Gasteiger charge is -2.32. The maximum atomic E-state index is 13.0. The van der Waals surface area contributed by atoms with Crippen LogP contribution in [0.3, 0.4) is 0 Å². The predicted octanol–water partition coefficient (Wildman–Crippen LogP) is 4.28. The van der Waals surface area contributed by atoms with E-state index in [-0.39, 0.29) is 17.2 Å². The monoisotopic (exact) mass is 548 g/mol. The van der Waals surface area contributed by atoms with Gasteiger partial charge in [-0.1, -0.05) is 13.8 Å². The molecule has 2 rings (SSSR count). The number of aromatic nitrogens is 1. The van der Waals surface area contributed by atoms with Gasteiger partial charge in [-0.3, -0.25) is 4.57 Å². The summed E-state index contributed by atoms with van der Waals surface area (Å²) in [6.07, 6.45) is 1.05. The van der Waals surface area contributed by atoms with Gasteiger partial charge < -0.3 is 19.3 Å². The molecule has 0 aliphatic heterocycles. The molecule has 2 aromatic rings. The Morgan fingerprint density at radius 1 is 1.09 bits per heavy atom. The van der Waals surface area contributed by atoms with Crippen molar-refractivity contribution < 1.29 is 32.2 Å². The second-order valence-electron chi connectivity index (χ2n) is 6.92. The summed E-state index contributed by atoms with van der Waals surface area (Å²) in [5.41, 5.74) is 0.357. The second-order valence-corrected chi connectivity index (χ2v) is 12.5. The molecule has 0 aliphatic rings. The summed E-state index contributed by atoms with van der Waals surface area (Å²) in [6, 6.07) is 3.21. The van der Waals surface area contributed by atoms with Gasteiger partial charge in [0.15, 0.2) is 11.5 Å². The first-order valence-electron chi connectivity index (χ1n) is 9.95. The number of benzene rings is 1. The molecule has 0 bridgehead atoms. The first-order chi connectivity index (χ1) is 15.0. The van der Waals surface area contributed by atoms with Crippen molar-refractivity contribution in [2.45, 2.75) is 49.2 Å². The number of ether oxygens (including phenoxy) is 2. The lowest BCUT2D eigenvalue weighted by molar-refractivity contribution is 0.270. The van der Waals surface area contributed by atoms with Crippen LogP contribution in [0.25, 0.3) is 10.2 Å². The zero-order chi connectivity index (χ0) is 24.0. The SMILES string of the molecule is CCC(CC)(NS(=O)(=O)c1nc2cc(OCCCCl)c(OCCCCl)cc2s1)P(=O)(O)O. The lowest BCUT2D eigenvalue weighted by Crippen LogP contribution is -2.47. The Morgan fingerprint density at radius 3 is 2.09 bits per heavy atom. The minimum absolute atomic E-state index is 0.0883. The van der Waals surface area contributed by atoms with E-state index in [2.05, 4.69) is 9.71 Å². The van der Waals surface area contributed by atoms with Crippen molar-refractivity contribution in [1.82, 2.24) is 9.71 Å². The Morgan fingerprint density at radius 2 is 1.62 bits per heavy atom. The maximum absolute atomic E-state index is 13.0. The number of hydrogen-bond acceptors (Lipinski definition) is 7. The molecular weight excluding hydrogens is 522 g/mol. The number of hydrogen-bond donors (Lipinski definition) is 3. The average molecular weight is 549 g/mol. The Hall–Kier alpha value is -0.650. The van der Waals surface area contributed by atoms with E-state index in [9.17, 15) is 22.8 Å². The van der Waals surface area contributed by atoms with Gasteiger partial charge in [0.1, 0.15) is 5.28 Å². The molecule has 182 valence electrons. The fourth-order valence-corrected chi connectivity index (χ4v) is 7.40. The largest absolute Gasteiger partial charge is 0.490 e. The third-order valence-corrected chi connectivity index (χ3v) is 10.3. The van der Waals surface area contributed by atoms with Crippen LogP contribution < -0.4 is 14.2 Å².